The summed E-state index contributed by atoms with van der Waals surface area (Å²) < 4.78 is 0. The van der Waals surface area contributed by atoms with Crippen LogP contribution in [0, 0.1) is 11.8 Å². The van der Waals surface area contributed by atoms with Gasteiger partial charge in [-0.05, 0) is 44.5 Å². The predicted octanol–water partition coefficient (Wildman–Crippen LogP) is 0.685. The lowest BCUT2D eigenvalue weighted by molar-refractivity contribution is -0.148. The number of nitrogens with zero attached hydrogens (tertiary/aromatic N) is 2. The number of phenols is 1. The van der Waals surface area contributed by atoms with Gasteiger partial charge >= 0.3 is 0 Å². The lowest BCUT2D eigenvalue weighted by atomic mass is 9.58. The number of benzene rings is 1. The molecule has 3 aliphatic carbocycles. The van der Waals surface area contributed by atoms with Gasteiger partial charge in [0.15, 0.2) is 11.4 Å². The number of carbonyl (C=O) groups is 3. The first-order chi connectivity index (χ1) is 17.6. The van der Waals surface area contributed by atoms with Crippen LogP contribution in [0.25, 0.3) is 0 Å². The van der Waals surface area contributed by atoms with Gasteiger partial charge in [0.25, 0.3) is 5.91 Å². The highest BCUT2D eigenvalue weighted by molar-refractivity contribution is 6.24. The van der Waals surface area contributed by atoms with Crippen LogP contribution >= 0.6 is 0 Å². The lowest BCUT2D eigenvalue weighted by Gasteiger charge is -2.50. The number of primary amides is 1. The van der Waals surface area contributed by atoms with Gasteiger partial charge in [0.2, 0.25) is 5.78 Å². The molecule has 1 aromatic rings. The zero-order valence-electron chi connectivity index (χ0n) is 22.5. The van der Waals surface area contributed by atoms with Crippen LogP contribution in [0.5, 0.6) is 5.75 Å². The molecule has 1 aromatic carbocycles. The fourth-order valence-electron chi connectivity index (χ4n) is 6.20. The maximum absolute atomic E-state index is 14.0. The molecule has 0 saturated heterocycles. The predicted molar refractivity (Wildman–Crippen MR) is 140 cm³/mol. The highest BCUT2D eigenvalue weighted by atomic mass is 16.3. The Morgan fingerprint density at radius 2 is 1.82 bits per heavy atom. The molecule has 0 saturated carbocycles. The van der Waals surface area contributed by atoms with Crippen LogP contribution < -0.4 is 16.0 Å². The maximum Gasteiger partial charge on any atom is 0.255 e. The number of amides is 1. The molecular formula is C27H36N4O7. The Morgan fingerprint density at radius 1 is 1.18 bits per heavy atom. The summed E-state index contributed by atoms with van der Waals surface area (Å²) in [7, 11) is 6.86. The van der Waals surface area contributed by atoms with Crippen molar-refractivity contribution in [2.24, 2.45) is 17.6 Å². The number of aliphatic hydroxyl groups is 3. The van der Waals surface area contributed by atoms with E-state index in [0.717, 1.165) is 5.69 Å². The molecule has 0 fully saturated rings. The van der Waals surface area contributed by atoms with E-state index < -0.39 is 58.0 Å². The number of rotatable bonds is 6. The second kappa shape index (κ2) is 9.40. The number of phenolic OH excluding ortho intramolecular Hbond substituents is 1. The van der Waals surface area contributed by atoms with E-state index in [0.29, 0.717) is 17.7 Å². The van der Waals surface area contributed by atoms with Gasteiger partial charge in [-0.2, -0.15) is 0 Å². The van der Waals surface area contributed by atoms with Gasteiger partial charge in [-0.1, -0.05) is 13.8 Å². The Kier molecular flexibility index (Phi) is 6.84. The van der Waals surface area contributed by atoms with Gasteiger partial charge in [-0.25, -0.2) is 0 Å². The topological polar surface area (TPSA) is 177 Å². The number of ketones is 2. The number of likely N-dealkylation sites (N-methyl/N-ethyl adjacent to an activating group) is 1. The fraction of sp³-hybridized carbons (Fsp3) is 0.519. The zero-order chi connectivity index (χ0) is 28.4. The summed E-state index contributed by atoms with van der Waals surface area (Å²) in [5.74, 6) is -6.54. The van der Waals surface area contributed by atoms with Gasteiger partial charge in [-0.3, -0.25) is 19.3 Å². The second-order valence-electron chi connectivity index (χ2n) is 11.2. The number of anilines is 1. The fourth-order valence-corrected chi connectivity index (χ4v) is 6.20. The summed E-state index contributed by atoms with van der Waals surface area (Å²) in [5.41, 5.74) is 3.56. The number of hydrogen-bond acceptors (Lipinski definition) is 10. The van der Waals surface area contributed by atoms with Crippen molar-refractivity contribution < 1.29 is 34.8 Å². The molecule has 7 N–H and O–H groups in total. The molecule has 11 nitrogen and oxygen atoms in total. The third-order valence-electron chi connectivity index (χ3n) is 7.96. The number of carbonyl (C=O) groups excluding carboxylic acids is 3. The molecule has 206 valence electrons. The summed E-state index contributed by atoms with van der Waals surface area (Å²) in [6.45, 7) is 4.20. The molecule has 0 radical (unpaired) electrons. The van der Waals surface area contributed by atoms with Crippen molar-refractivity contribution in [1.82, 2.24) is 10.2 Å². The van der Waals surface area contributed by atoms with E-state index in [9.17, 15) is 34.8 Å². The maximum atomic E-state index is 14.0. The normalized spacial score (nSPS) is 27.0. The Balaban J connectivity index is 1.95. The number of fused-ring (bicyclic) bond motifs is 3. The van der Waals surface area contributed by atoms with Crippen LogP contribution in [-0.2, 0) is 22.6 Å². The summed E-state index contributed by atoms with van der Waals surface area (Å²) >= 11 is 0. The minimum Gasteiger partial charge on any atom is -0.510 e. The Labute approximate surface area is 221 Å². The van der Waals surface area contributed by atoms with Gasteiger partial charge < -0.3 is 36.4 Å². The van der Waals surface area contributed by atoms with Gasteiger partial charge in [0.05, 0.1) is 11.6 Å². The summed E-state index contributed by atoms with van der Waals surface area (Å²) in [5, 5.41) is 48.4. The first-order valence-corrected chi connectivity index (χ1v) is 12.6. The van der Waals surface area contributed by atoms with Crippen LogP contribution in [0.4, 0.5) is 5.69 Å². The van der Waals surface area contributed by atoms with E-state index in [1.54, 1.807) is 14.1 Å². The summed E-state index contributed by atoms with van der Waals surface area (Å²) in [4.78, 5) is 42.9. The largest absolute Gasteiger partial charge is 0.510 e. The van der Waals surface area contributed by atoms with Gasteiger partial charge in [0, 0.05) is 49.4 Å². The molecule has 4 atom stereocenters. The molecule has 4 unspecified atom stereocenters. The number of nitrogens with one attached hydrogen (secondary N) is 1. The molecule has 3 aliphatic rings. The smallest absolute Gasteiger partial charge is 0.255 e. The number of allylic oxidation sites excluding steroid dienone is 1. The number of aliphatic hydroxyl groups excluding tert-OH is 2. The SMILES string of the molecule is CC(C)NCc1cc(N(C)C)c2c(c1O)C(=O)C1=C(O)C3(O)C(=O)C(C(N)=O)=C(O)C(N(C)C)C3CC1C2. The minimum absolute atomic E-state index is 0.0116. The summed E-state index contributed by atoms with van der Waals surface area (Å²) in [6, 6.07) is 0.924. The average molecular weight is 529 g/mol. The van der Waals surface area contributed by atoms with E-state index in [2.05, 4.69) is 5.32 Å². The van der Waals surface area contributed by atoms with Crippen molar-refractivity contribution in [3.8, 4) is 5.75 Å². The van der Waals surface area contributed by atoms with E-state index >= 15 is 0 Å². The highest BCUT2D eigenvalue weighted by Gasteiger charge is 2.63. The molecule has 0 bridgehead atoms. The van der Waals surface area contributed by atoms with Gasteiger partial charge in [0.1, 0.15) is 22.8 Å². The third kappa shape index (κ3) is 3.88. The monoisotopic (exact) mass is 528 g/mol. The molecule has 0 aromatic heterocycles. The molecule has 1 amide bonds. The number of aromatic hydroxyl groups is 1. The minimum atomic E-state index is -2.65. The quantitative estimate of drug-likeness (QED) is 0.288. The van der Waals surface area contributed by atoms with E-state index in [4.69, 9.17) is 5.73 Å². The second-order valence-corrected chi connectivity index (χ2v) is 11.2. The van der Waals surface area contributed by atoms with E-state index in [-0.39, 0.29) is 35.8 Å². The summed E-state index contributed by atoms with van der Waals surface area (Å²) in [6.07, 6.45) is 0.295. The zero-order valence-corrected chi connectivity index (χ0v) is 22.5. The molecule has 0 aliphatic heterocycles. The van der Waals surface area contributed by atoms with Crippen molar-refractivity contribution in [3.05, 3.63) is 45.4 Å². The number of hydrogen-bond donors (Lipinski definition) is 6. The highest BCUT2D eigenvalue weighted by Crippen LogP contribution is 2.53. The van der Waals surface area contributed by atoms with Gasteiger partial charge in [-0.15, -0.1) is 0 Å². The van der Waals surface area contributed by atoms with Crippen LogP contribution in [0.1, 0.15) is 41.8 Å². The molecule has 0 heterocycles. The molecule has 0 spiro atoms. The van der Waals surface area contributed by atoms with Crippen LogP contribution in [0.3, 0.4) is 0 Å². The molecule has 38 heavy (non-hydrogen) atoms. The van der Waals surface area contributed by atoms with Crippen molar-refractivity contribution in [2.75, 3.05) is 33.1 Å². The molecular weight excluding hydrogens is 492 g/mol. The van der Waals surface area contributed by atoms with Crippen molar-refractivity contribution >= 4 is 23.2 Å². The average Bonchev–Trinajstić information content (AvgIpc) is 2.80. The van der Waals surface area contributed by atoms with Crippen LogP contribution in [-0.4, -0.2) is 88.7 Å². The van der Waals surface area contributed by atoms with Crippen LogP contribution in [0.15, 0.2) is 28.7 Å². The first kappa shape index (κ1) is 27.6. The first-order valence-electron chi connectivity index (χ1n) is 12.6. The van der Waals surface area contributed by atoms with Crippen LogP contribution in [0.2, 0.25) is 0 Å². The van der Waals surface area contributed by atoms with E-state index in [1.165, 1.54) is 4.90 Å². The number of Topliss-reactive ketones (excluding diaryl/α,β-unsaturated/α-hetero) is 2. The Hall–Kier alpha value is -3.41. The number of nitrogens with two attached hydrogens (primary N) is 1. The standard InChI is InChI=1S/C27H36N4O7/c1-11(2)29-10-13-9-16(30(3)4)14-7-12-8-15-20(31(5)6)23(34)19(26(28)37)25(36)27(15,38)24(35)17(12)22(33)18(14)21(13)32/h9,11-12,15,20,29,32,34-35,38H,7-8,10H2,1-6H3,(H2,28,37). The molecule has 4 rings (SSSR count). The Bertz CT molecular complexity index is 1300. The molecule has 11 heteroatoms. The van der Waals surface area contributed by atoms with Crippen molar-refractivity contribution in [2.45, 2.75) is 50.9 Å². The van der Waals surface area contributed by atoms with Crippen molar-refractivity contribution in [3.63, 3.8) is 0 Å². The van der Waals surface area contributed by atoms with Crippen molar-refractivity contribution in [1.29, 1.82) is 0 Å². The Morgan fingerprint density at radius 3 is 2.34 bits per heavy atom. The van der Waals surface area contributed by atoms with E-state index in [1.807, 2.05) is 38.9 Å². The lowest BCUT2D eigenvalue weighted by Crippen LogP contribution is -2.63. The third-order valence-corrected chi connectivity index (χ3v) is 7.96.